The van der Waals surface area contributed by atoms with Crippen molar-refractivity contribution in [3.8, 4) is 5.82 Å². The number of benzene rings is 1. The van der Waals surface area contributed by atoms with Crippen LogP contribution in [0.1, 0.15) is 31.7 Å². The van der Waals surface area contributed by atoms with E-state index in [1.54, 1.807) is 27.8 Å². The third kappa shape index (κ3) is 3.49. The van der Waals surface area contributed by atoms with Gasteiger partial charge in [0.1, 0.15) is 12.7 Å². The predicted octanol–water partition coefficient (Wildman–Crippen LogP) is 2.97. The molecule has 0 saturated heterocycles. The Hall–Kier alpha value is -3.55. The fourth-order valence-corrected chi connectivity index (χ4v) is 4.03. The number of nitrogens with zero attached hydrogens (tertiary/aromatic N) is 6. The summed E-state index contributed by atoms with van der Waals surface area (Å²) in [5.74, 6) is 0.602. The highest BCUT2D eigenvalue weighted by atomic mass is 16.1. The monoisotopic (exact) mass is 387 g/mol. The average Bonchev–Trinajstić information content (AvgIpc) is 3.30. The Morgan fingerprint density at radius 2 is 1.86 bits per heavy atom. The van der Waals surface area contributed by atoms with Crippen LogP contribution in [0.15, 0.2) is 66.1 Å². The number of fused-ring (bicyclic) bond motifs is 1. The van der Waals surface area contributed by atoms with Crippen LogP contribution in [0.3, 0.4) is 0 Å². The van der Waals surface area contributed by atoms with Crippen molar-refractivity contribution in [1.29, 1.82) is 0 Å². The van der Waals surface area contributed by atoms with Gasteiger partial charge in [0, 0.05) is 29.4 Å². The van der Waals surface area contributed by atoms with Crippen molar-refractivity contribution in [1.82, 2.24) is 29.5 Å². The quantitative estimate of drug-likeness (QED) is 0.579. The molecule has 1 aliphatic rings. The molecule has 146 valence electrons. The zero-order valence-electron chi connectivity index (χ0n) is 15.8. The fourth-order valence-electron chi connectivity index (χ4n) is 4.03. The molecule has 0 atom stereocenters. The molecule has 5 rings (SSSR count). The van der Waals surface area contributed by atoms with Gasteiger partial charge in [-0.05, 0) is 43.9 Å². The van der Waals surface area contributed by atoms with E-state index in [1.165, 1.54) is 6.33 Å². The summed E-state index contributed by atoms with van der Waals surface area (Å²) in [7, 11) is 0. The summed E-state index contributed by atoms with van der Waals surface area (Å²) in [6.07, 6.45) is 8.62. The molecule has 1 saturated carbocycles. The molecule has 4 aromatic rings. The van der Waals surface area contributed by atoms with Crippen molar-refractivity contribution >= 4 is 16.6 Å². The van der Waals surface area contributed by atoms with Gasteiger partial charge in [-0.3, -0.25) is 9.78 Å². The van der Waals surface area contributed by atoms with E-state index in [0.29, 0.717) is 11.9 Å². The number of hydrogen-bond donors (Lipinski definition) is 1. The minimum absolute atomic E-state index is 0.0783. The highest BCUT2D eigenvalue weighted by Crippen LogP contribution is 2.30. The Bertz CT molecular complexity index is 1170. The van der Waals surface area contributed by atoms with E-state index in [2.05, 4.69) is 31.5 Å². The summed E-state index contributed by atoms with van der Waals surface area (Å²) >= 11 is 0. The molecular weight excluding hydrogens is 366 g/mol. The van der Waals surface area contributed by atoms with Gasteiger partial charge in [0.15, 0.2) is 5.82 Å². The van der Waals surface area contributed by atoms with E-state index in [4.69, 9.17) is 0 Å². The first kappa shape index (κ1) is 17.5. The van der Waals surface area contributed by atoms with Gasteiger partial charge >= 0.3 is 0 Å². The minimum Gasteiger partial charge on any atom is -0.382 e. The van der Waals surface area contributed by atoms with Crippen LogP contribution in [-0.4, -0.2) is 35.6 Å². The molecule has 3 aromatic heterocycles. The lowest BCUT2D eigenvalue weighted by Gasteiger charge is -2.30. The number of hydrogen-bond acceptors (Lipinski definition) is 6. The molecule has 1 N–H and O–H groups in total. The maximum absolute atomic E-state index is 12.4. The molecule has 8 heteroatoms. The Morgan fingerprint density at radius 3 is 2.69 bits per heavy atom. The molecule has 1 aromatic carbocycles. The van der Waals surface area contributed by atoms with Gasteiger partial charge < -0.3 is 5.32 Å². The van der Waals surface area contributed by atoms with Gasteiger partial charge in [-0.2, -0.15) is 5.10 Å². The first-order valence-corrected chi connectivity index (χ1v) is 9.83. The molecular formula is C21H21N7O. The first-order chi connectivity index (χ1) is 14.3. The maximum Gasteiger partial charge on any atom is 0.267 e. The highest BCUT2D eigenvalue weighted by Gasteiger charge is 2.24. The summed E-state index contributed by atoms with van der Waals surface area (Å²) in [6, 6.07) is 13.9. The molecule has 0 spiro atoms. The Labute approximate surface area is 167 Å². The summed E-state index contributed by atoms with van der Waals surface area (Å²) < 4.78 is 3.17. The fraction of sp³-hybridized carbons (Fsp3) is 0.286. The molecule has 0 amide bonds. The third-order valence-corrected chi connectivity index (χ3v) is 5.52. The molecule has 8 nitrogen and oxygen atoms in total. The second-order valence-corrected chi connectivity index (χ2v) is 7.34. The normalized spacial score (nSPS) is 19.3. The van der Waals surface area contributed by atoms with Crippen molar-refractivity contribution in [3.63, 3.8) is 0 Å². The number of nitrogens with one attached hydrogen (secondary N) is 1. The van der Waals surface area contributed by atoms with Gasteiger partial charge in [-0.25, -0.2) is 14.3 Å². The van der Waals surface area contributed by atoms with Crippen LogP contribution >= 0.6 is 0 Å². The third-order valence-electron chi connectivity index (χ3n) is 5.52. The Kier molecular flexibility index (Phi) is 4.51. The molecule has 0 bridgehead atoms. The molecule has 0 radical (unpaired) electrons. The zero-order valence-corrected chi connectivity index (χ0v) is 15.8. The van der Waals surface area contributed by atoms with E-state index in [0.717, 1.165) is 42.3 Å². The minimum atomic E-state index is -0.0783. The smallest absolute Gasteiger partial charge is 0.267 e. The van der Waals surface area contributed by atoms with Crippen LogP contribution in [0, 0.1) is 0 Å². The molecule has 29 heavy (non-hydrogen) atoms. The van der Waals surface area contributed by atoms with Gasteiger partial charge in [-0.15, -0.1) is 5.10 Å². The largest absolute Gasteiger partial charge is 0.382 e. The molecule has 1 fully saturated rings. The molecule has 0 aliphatic heterocycles. The lowest BCUT2D eigenvalue weighted by Crippen LogP contribution is -2.33. The van der Waals surface area contributed by atoms with Crippen LogP contribution in [0.4, 0.5) is 5.69 Å². The van der Waals surface area contributed by atoms with Crippen LogP contribution in [0.2, 0.25) is 0 Å². The summed E-state index contributed by atoms with van der Waals surface area (Å²) in [5.41, 5.74) is 2.03. The number of para-hydroxylation sites is 1. The average molecular weight is 387 g/mol. The second kappa shape index (κ2) is 7.46. The highest BCUT2D eigenvalue weighted by molar-refractivity contribution is 5.90. The summed E-state index contributed by atoms with van der Waals surface area (Å²) in [6.45, 7) is 0. The van der Waals surface area contributed by atoms with E-state index in [9.17, 15) is 4.79 Å². The standard InChI is InChI=1S/C21H21N7O/c29-21-10-9-20(27-14-22-13-24-27)26-28(21)16-7-5-15(6-8-16)25-19-11-12-23-18-4-2-1-3-17(18)19/h1-4,9-16H,5-8H2,(H,23,25). The van der Waals surface area contributed by atoms with E-state index >= 15 is 0 Å². The zero-order chi connectivity index (χ0) is 19.6. The molecule has 1 aliphatic carbocycles. The molecule has 0 unspecified atom stereocenters. The van der Waals surface area contributed by atoms with Crippen LogP contribution in [-0.2, 0) is 0 Å². The SMILES string of the molecule is O=c1ccc(-n2cncn2)nn1C1CCC(Nc2ccnc3ccccc23)CC1. The van der Waals surface area contributed by atoms with E-state index in [1.807, 2.05) is 30.5 Å². The van der Waals surface area contributed by atoms with Crippen LogP contribution in [0.25, 0.3) is 16.7 Å². The van der Waals surface area contributed by atoms with Crippen molar-refractivity contribution in [2.45, 2.75) is 37.8 Å². The topological polar surface area (TPSA) is 90.5 Å². The van der Waals surface area contributed by atoms with E-state index < -0.39 is 0 Å². The van der Waals surface area contributed by atoms with Crippen molar-refractivity contribution < 1.29 is 0 Å². The van der Waals surface area contributed by atoms with Gasteiger partial charge in [-0.1, -0.05) is 18.2 Å². The molecule has 3 heterocycles. The second-order valence-electron chi connectivity index (χ2n) is 7.34. The van der Waals surface area contributed by atoms with Crippen LogP contribution < -0.4 is 10.9 Å². The predicted molar refractivity (Wildman–Crippen MR) is 110 cm³/mol. The first-order valence-electron chi connectivity index (χ1n) is 9.83. The number of pyridine rings is 1. The number of rotatable bonds is 4. The van der Waals surface area contributed by atoms with E-state index in [-0.39, 0.29) is 11.6 Å². The summed E-state index contributed by atoms with van der Waals surface area (Å²) in [5, 5.41) is 13.4. The van der Waals surface area contributed by atoms with Gasteiger partial charge in [0.25, 0.3) is 5.56 Å². The van der Waals surface area contributed by atoms with Gasteiger partial charge in [0.2, 0.25) is 0 Å². The van der Waals surface area contributed by atoms with Crippen molar-refractivity contribution in [2.24, 2.45) is 0 Å². The van der Waals surface area contributed by atoms with Gasteiger partial charge in [0.05, 0.1) is 11.6 Å². The number of anilines is 1. The lowest BCUT2D eigenvalue weighted by atomic mass is 9.91. The van der Waals surface area contributed by atoms with Crippen molar-refractivity contribution in [3.05, 3.63) is 71.7 Å². The Morgan fingerprint density at radius 1 is 1.00 bits per heavy atom. The Balaban J connectivity index is 1.31. The maximum atomic E-state index is 12.4. The number of aromatic nitrogens is 6. The summed E-state index contributed by atoms with van der Waals surface area (Å²) in [4.78, 5) is 20.8. The van der Waals surface area contributed by atoms with Crippen molar-refractivity contribution in [2.75, 3.05) is 5.32 Å². The lowest BCUT2D eigenvalue weighted by molar-refractivity contribution is 0.303. The van der Waals surface area contributed by atoms with Crippen LogP contribution in [0.5, 0.6) is 0 Å².